The number of nitrogens with zero attached hydrogens (tertiary/aromatic N) is 1. The monoisotopic (exact) mass is 294 g/mol. The minimum absolute atomic E-state index is 0.00504. The van der Waals surface area contributed by atoms with Crippen molar-refractivity contribution in [2.24, 2.45) is 11.8 Å². The van der Waals surface area contributed by atoms with Crippen molar-refractivity contribution in [3.63, 3.8) is 0 Å². The molecule has 2 aliphatic rings. The molecule has 0 bridgehead atoms. The minimum Gasteiger partial charge on any atom is -0.340 e. The highest BCUT2D eigenvalue weighted by Crippen LogP contribution is 2.40. The average Bonchev–Trinajstić information content (AvgIpc) is 2.84. The van der Waals surface area contributed by atoms with Crippen molar-refractivity contribution in [2.45, 2.75) is 84.3 Å². The first-order valence-electron chi connectivity index (χ1n) is 8.56. The third-order valence-corrected chi connectivity index (χ3v) is 6.08. The Hall–Kier alpha value is -1.06. The molecule has 1 heterocycles. The Morgan fingerprint density at radius 1 is 1.14 bits per heavy atom. The second-order valence-corrected chi connectivity index (χ2v) is 6.84. The molecule has 4 heteroatoms. The number of rotatable bonds is 4. The molecule has 1 saturated heterocycles. The van der Waals surface area contributed by atoms with E-state index in [0.717, 1.165) is 12.8 Å². The maximum atomic E-state index is 13.1. The van der Waals surface area contributed by atoms with Crippen LogP contribution in [0.25, 0.3) is 0 Å². The fraction of sp³-hybridized carbons (Fsp3) is 0.882. The highest BCUT2D eigenvalue weighted by molar-refractivity contribution is 5.99. The lowest BCUT2D eigenvalue weighted by Gasteiger charge is -2.48. The van der Waals surface area contributed by atoms with E-state index in [1.165, 1.54) is 6.42 Å². The van der Waals surface area contributed by atoms with Gasteiger partial charge < -0.3 is 10.2 Å². The van der Waals surface area contributed by atoms with Crippen molar-refractivity contribution >= 4 is 11.8 Å². The van der Waals surface area contributed by atoms with Gasteiger partial charge in [-0.25, -0.2) is 0 Å². The summed E-state index contributed by atoms with van der Waals surface area (Å²) < 4.78 is 0. The third-order valence-electron chi connectivity index (χ3n) is 6.08. The van der Waals surface area contributed by atoms with Gasteiger partial charge in [0.25, 0.3) is 0 Å². The number of amides is 2. The lowest BCUT2D eigenvalue weighted by molar-refractivity contribution is -0.158. The van der Waals surface area contributed by atoms with Crippen LogP contribution in [-0.4, -0.2) is 34.3 Å². The van der Waals surface area contributed by atoms with Crippen molar-refractivity contribution in [3.8, 4) is 0 Å². The molecule has 2 rings (SSSR count). The number of hydrogen-bond donors (Lipinski definition) is 1. The Morgan fingerprint density at radius 2 is 1.76 bits per heavy atom. The van der Waals surface area contributed by atoms with E-state index in [4.69, 9.17) is 0 Å². The smallest absolute Gasteiger partial charge is 0.249 e. The summed E-state index contributed by atoms with van der Waals surface area (Å²) in [6.45, 7) is 10.3. The highest BCUT2D eigenvalue weighted by atomic mass is 16.2. The summed E-state index contributed by atoms with van der Waals surface area (Å²) in [5.41, 5.74) is -0.687. The predicted molar refractivity (Wildman–Crippen MR) is 83.7 cm³/mol. The number of nitrogens with one attached hydrogen (secondary N) is 1. The van der Waals surface area contributed by atoms with Crippen LogP contribution < -0.4 is 5.32 Å². The molecule has 1 aliphatic heterocycles. The number of carbonyl (C=O) groups is 2. The van der Waals surface area contributed by atoms with Gasteiger partial charge in [0.15, 0.2) is 0 Å². The van der Waals surface area contributed by atoms with E-state index in [0.29, 0.717) is 24.7 Å². The maximum absolute atomic E-state index is 13.1. The zero-order valence-corrected chi connectivity index (χ0v) is 14.1. The van der Waals surface area contributed by atoms with Gasteiger partial charge in [-0.3, -0.25) is 9.59 Å². The Morgan fingerprint density at radius 3 is 2.24 bits per heavy atom. The van der Waals surface area contributed by atoms with Crippen LogP contribution in [-0.2, 0) is 9.59 Å². The van der Waals surface area contributed by atoms with Crippen LogP contribution in [0, 0.1) is 11.8 Å². The van der Waals surface area contributed by atoms with Crippen LogP contribution in [0.5, 0.6) is 0 Å². The maximum Gasteiger partial charge on any atom is 0.249 e. The summed E-state index contributed by atoms with van der Waals surface area (Å²) in [5.74, 6) is 1.30. The Bertz CT molecular complexity index is 417. The Kier molecular flexibility index (Phi) is 4.64. The molecule has 2 amide bonds. The molecule has 0 aromatic rings. The van der Waals surface area contributed by atoms with Crippen LogP contribution in [0.4, 0.5) is 0 Å². The second-order valence-electron chi connectivity index (χ2n) is 6.84. The van der Waals surface area contributed by atoms with Crippen molar-refractivity contribution in [1.29, 1.82) is 0 Å². The number of hydrogen-bond acceptors (Lipinski definition) is 2. The molecule has 4 nitrogen and oxygen atoms in total. The molecule has 0 aromatic heterocycles. The molecule has 120 valence electrons. The van der Waals surface area contributed by atoms with Crippen LogP contribution >= 0.6 is 0 Å². The van der Waals surface area contributed by atoms with Gasteiger partial charge in [-0.05, 0) is 44.4 Å². The molecular weight excluding hydrogens is 264 g/mol. The topological polar surface area (TPSA) is 49.4 Å². The number of piperazine rings is 1. The predicted octanol–water partition coefficient (Wildman–Crippen LogP) is 2.72. The molecule has 21 heavy (non-hydrogen) atoms. The van der Waals surface area contributed by atoms with Gasteiger partial charge in [-0.1, -0.05) is 34.1 Å². The van der Waals surface area contributed by atoms with Gasteiger partial charge in [0.2, 0.25) is 11.8 Å². The van der Waals surface area contributed by atoms with Crippen LogP contribution in [0.1, 0.15) is 66.7 Å². The standard InChI is InChI=1S/C17H30N2O2/c1-6-13-9-10-14(11(13)4)19-12(5)15(20)18-17(7-2,8-3)16(19)21/h11-14H,6-10H2,1-5H3,(H,18,20). The van der Waals surface area contributed by atoms with Gasteiger partial charge in [-0.2, -0.15) is 0 Å². The zero-order chi connectivity index (χ0) is 15.8. The molecular formula is C17H30N2O2. The summed E-state index contributed by atoms with van der Waals surface area (Å²) in [7, 11) is 0. The molecule has 4 unspecified atom stereocenters. The summed E-state index contributed by atoms with van der Waals surface area (Å²) in [4.78, 5) is 27.4. The Balaban J connectivity index is 2.32. The quantitative estimate of drug-likeness (QED) is 0.866. The van der Waals surface area contributed by atoms with E-state index >= 15 is 0 Å². The van der Waals surface area contributed by atoms with E-state index in [1.807, 2.05) is 25.7 Å². The van der Waals surface area contributed by atoms with Crippen molar-refractivity contribution < 1.29 is 9.59 Å². The SMILES string of the molecule is CCC1CCC(N2C(=O)C(CC)(CC)NC(=O)C2C)C1C. The lowest BCUT2D eigenvalue weighted by atomic mass is 9.84. The summed E-state index contributed by atoms with van der Waals surface area (Å²) in [6, 6.07) is -0.118. The van der Waals surface area contributed by atoms with Crippen LogP contribution in [0.3, 0.4) is 0 Å². The molecule has 1 saturated carbocycles. The zero-order valence-electron chi connectivity index (χ0n) is 14.1. The Labute approximate surface area is 128 Å². The summed E-state index contributed by atoms with van der Waals surface area (Å²) in [6.07, 6.45) is 4.69. The van der Waals surface area contributed by atoms with E-state index in [1.54, 1.807) is 0 Å². The van der Waals surface area contributed by atoms with E-state index in [9.17, 15) is 9.59 Å². The fourth-order valence-corrected chi connectivity index (χ4v) is 4.30. The lowest BCUT2D eigenvalue weighted by Crippen LogP contribution is -2.71. The van der Waals surface area contributed by atoms with Crippen molar-refractivity contribution in [3.05, 3.63) is 0 Å². The summed E-state index contributed by atoms with van der Waals surface area (Å²) in [5, 5.41) is 2.99. The largest absolute Gasteiger partial charge is 0.340 e. The second kappa shape index (κ2) is 5.98. The number of carbonyl (C=O) groups excluding carboxylic acids is 2. The molecule has 1 aliphatic carbocycles. The van der Waals surface area contributed by atoms with Crippen LogP contribution in [0.15, 0.2) is 0 Å². The normalized spacial score (nSPS) is 36.0. The van der Waals surface area contributed by atoms with E-state index in [-0.39, 0.29) is 23.9 Å². The molecule has 0 spiro atoms. The van der Waals surface area contributed by atoms with E-state index < -0.39 is 5.54 Å². The van der Waals surface area contributed by atoms with Gasteiger partial charge >= 0.3 is 0 Å². The third kappa shape index (κ3) is 2.47. The molecule has 2 fully saturated rings. The van der Waals surface area contributed by atoms with Crippen LogP contribution in [0.2, 0.25) is 0 Å². The minimum atomic E-state index is -0.687. The van der Waals surface area contributed by atoms with Gasteiger partial charge in [-0.15, -0.1) is 0 Å². The first-order valence-corrected chi connectivity index (χ1v) is 8.56. The van der Waals surface area contributed by atoms with Crippen molar-refractivity contribution in [1.82, 2.24) is 10.2 Å². The molecule has 4 atom stereocenters. The van der Waals surface area contributed by atoms with Gasteiger partial charge in [0.05, 0.1) is 0 Å². The average molecular weight is 294 g/mol. The van der Waals surface area contributed by atoms with Gasteiger partial charge in [0, 0.05) is 6.04 Å². The van der Waals surface area contributed by atoms with E-state index in [2.05, 4.69) is 19.2 Å². The first kappa shape index (κ1) is 16.3. The highest BCUT2D eigenvalue weighted by Gasteiger charge is 2.51. The molecule has 1 N–H and O–H groups in total. The first-order chi connectivity index (χ1) is 9.91. The summed E-state index contributed by atoms with van der Waals surface area (Å²) >= 11 is 0. The fourth-order valence-electron chi connectivity index (χ4n) is 4.30. The van der Waals surface area contributed by atoms with Gasteiger partial charge in [0.1, 0.15) is 11.6 Å². The molecule has 0 aromatic carbocycles. The molecule has 0 radical (unpaired) electrons. The van der Waals surface area contributed by atoms with Crippen molar-refractivity contribution in [2.75, 3.05) is 0 Å².